The predicted molar refractivity (Wildman–Crippen MR) is 129 cm³/mol. The monoisotopic (exact) mass is 459 g/mol. The number of aryl methyl sites for hydroxylation is 3. The molecule has 8 nitrogen and oxygen atoms in total. The number of nitrogens with zero attached hydrogens (tertiary/aromatic N) is 4. The molecule has 0 radical (unpaired) electrons. The van der Waals surface area contributed by atoms with Crippen molar-refractivity contribution in [1.29, 1.82) is 0 Å². The van der Waals surface area contributed by atoms with E-state index in [4.69, 9.17) is 14.3 Å². The Labute approximate surface area is 198 Å². The molecule has 4 heterocycles. The number of morpholine rings is 1. The van der Waals surface area contributed by atoms with E-state index >= 15 is 0 Å². The van der Waals surface area contributed by atoms with Crippen LogP contribution in [-0.4, -0.2) is 51.9 Å². The highest BCUT2D eigenvalue weighted by molar-refractivity contribution is 5.96. The van der Waals surface area contributed by atoms with Crippen molar-refractivity contribution in [1.82, 2.24) is 25.0 Å². The first kappa shape index (κ1) is 22.3. The largest absolute Gasteiger partial charge is 0.463 e. The molecule has 176 valence electrons. The molecule has 0 saturated carbocycles. The summed E-state index contributed by atoms with van der Waals surface area (Å²) in [5.41, 5.74) is 4.98. The van der Waals surface area contributed by atoms with Gasteiger partial charge in [0.05, 0.1) is 37.7 Å². The average Bonchev–Trinajstić information content (AvgIpc) is 3.42. The van der Waals surface area contributed by atoms with Crippen molar-refractivity contribution < 1.29 is 13.9 Å². The number of furan rings is 1. The van der Waals surface area contributed by atoms with Crippen molar-refractivity contribution in [3.8, 4) is 5.69 Å². The smallest absolute Gasteiger partial charge is 0.270 e. The van der Waals surface area contributed by atoms with Gasteiger partial charge in [0.25, 0.3) is 5.91 Å². The van der Waals surface area contributed by atoms with Crippen LogP contribution in [0.1, 0.15) is 38.8 Å². The molecule has 8 heteroatoms. The second kappa shape index (κ2) is 9.40. The van der Waals surface area contributed by atoms with Crippen molar-refractivity contribution in [3.63, 3.8) is 0 Å². The summed E-state index contributed by atoms with van der Waals surface area (Å²) in [7, 11) is 0. The molecule has 1 N–H and O–H groups in total. The van der Waals surface area contributed by atoms with Gasteiger partial charge < -0.3 is 14.5 Å². The number of nitrogens with one attached hydrogen (secondary N) is 1. The molecule has 1 fully saturated rings. The van der Waals surface area contributed by atoms with Crippen molar-refractivity contribution in [3.05, 3.63) is 76.5 Å². The highest BCUT2D eigenvalue weighted by Gasteiger charge is 2.18. The summed E-state index contributed by atoms with van der Waals surface area (Å²) in [4.78, 5) is 20.0. The average molecular weight is 460 g/mol. The van der Waals surface area contributed by atoms with Crippen molar-refractivity contribution in [2.75, 3.05) is 26.3 Å². The van der Waals surface area contributed by atoms with Crippen LogP contribution in [0.5, 0.6) is 0 Å². The molecule has 4 aromatic rings. The minimum Gasteiger partial charge on any atom is -0.463 e. The van der Waals surface area contributed by atoms with Gasteiger partial charge in [-0.25, -0.2) is 9.67 Å². The highest BCUT2D eigenvalue weighted by atomic mass is 16.5. The van der Waals surface area contributed by atoms with Gasteiger partial charge in [-0.3, -0.25) is 9.69 Å². The van der Waals surface area contributed by atoms with Crippen molar-refractivity contribution in [2.45, 2.75) is 33.9 Å². The van der Waals surface area contributed by atoms with Crippen molar-refractivity contribution in [2.24, 2.45) is 0 Å². The van der Waals surface area contributed by atoms with E-state index in [0.29, 0.717) is 17.9 Å². The van der Waals surface area contributed by atoms with Gasteiger partial charge in [0.1, 0.15) is 17.2 Å². The lowest BCUT2D eigenvalue weighted by atomic mass is 10.1. The zero-order valence-electron chi connectivity index (χ0n) is 19.8. The minimum atomic E-state index is -0.245. The third-order valence-electron chi connectivity index (χ3n) is 6.14. The van der Waals surface area contributed by atoms with Crippen LogP contribution >= 0.6 is 0 Å². The zero-order valence-corrected chi connectivity index (χ0v) is 19.8. The Morgan fingerprint density at radius 3 is 2.53 bits per heavy atom. The van der Waals surface area contributed by atoms with Gasteiger partial charge in [0.15, 0.2) is 5.65 Å². The minimum absolute atomic E-state index is 0.245. The molecule has 34 heavy (non-hydrogen) atoms. The molecule has 0 atom stereocenters. The number of fused-ring (bicyclic) bond motifs is 1. The normalized spacial score (nSPS) is 14.6. The number of aromatic nitrogens is 3. The molecule has 1 aliphatic rings. The summed E-state index contributed by atoms with van der Waals surface area (Å²) in [6.45, 7) is 10.4. The van der Waals surface area contributed by atoms with E-state index in [-0.39, 0.29) is 5.91 Å². The molecule has 1 aromatic carbocycles. The first-order valence-corrected chi connectivity index (χ1v) is 11.6. The van der Waals surface area contributed by atoms with Gasteiger partial charge >= 0.3 is 0 Å². The summed E-state index contributed by atoms with van der Waals surface area (Å²) >= 11 is 0. The number of hydrogen-bond donors (Lipinski definition) is 1. The summed E-state index contributed by atoms with van der Waals surface area (Å²) < 4.78 is 13.1. The molecule has 0 bridgehead atoms. The fourth-order valence-electron chi connectivity index (χ4n) is 4.33. The lowest BCUT2D eigenvalue weighted by molar-refractivity contribution is 0.0312. The molecule has 3 aromatic heterocycles. The quantitative estimate of drug-likeness (QED) is 0.473. The highest BCUT2D eigenvalue weighted by Crippen LogP contribution is 2.24. The van der Waals surface area contributed by atoms with Gasteiger partial charge in [-0.1, -0.05) is 17.7 Å². The summed E-state index contributed by atoms with van der Waals surface area (Å²) in [6.07, 6.45) is 0. The Morgan fingerprint density at radius 1 is 1.03 bits per heavy atom. The van der Waals surface area contributed by atoms with E-state index in [1.54, 1.807) is 4.68 Å². The number of benzene rings is 1. The predicted octanol–water partition coefficient (Wildman–Crippen LogP) is 3.70. The fourth-order valence-corrected chi connectivity index (χ4v) is 4.33. The summed E-state index contributed by atoms with van der Waals surface area (Å²) in [5.74, 6) is 1.36. The van der Waals surface area contributed by atoms with Gasteiger partial charge in [0.2, 0.25) is 0 Å². The van der Waals surface area contributed by atoms with Crippen LogP contribution in [0.2, 0.25) is 0 Å². The summed E-state index contributed by atoms with van der Waals surface area (Å²) in [5, 5.41) is 8.60. The molecule has 5 rings (SSSR count). The standard InChI is InChI=1S/C26H29N5O3/c1-17-4-6-20(7-5-17)31-25-24(19(3)29-31)18(2)14-23(28-25)26(32)27-15-21-8-9-22(34-21)16-30-10-12-33-13-11-30/h4-9,14H,10-13,15-16H2,1-3H3,(H,27,32). The zero-order chi connectivity index (χ0) is 23.7. The van der Waals surface area contributed by atoms with Crippen molar-refractivity contribution >= 4 is 16.9 Å². The molecule has 1 amide bonds. The Kier molecular flexibility index (Phi) is 6.17. The van der Waals surface area contributed by atoms with E-state index < -0.39 is 0 Å². The van der Waals surface area contributed by atoms with E-state index in [1.165, 1.54) is 5.56 Å². The van der Waals surface area contributed by atoms with E-state index in [1.807, 2.05) is 63.2 Å². The molecular formula is C26H29N5O3. The second-order valence-electron chi connectivity index (χ2n) is 8.79. The maximum absolute atomic E-state index is 13.0. The lowest BCUT2D eigenvalue weighted by Gasteiger charge is -2.25. The topological polar surface area (TPSA) is 85.4 Å². The molecule has 0 unspecified atom stereocenters. The fraction of sp³-hybridized carbons (Fsp3) is 0.346. The first-order valence-electron chi connectivity index (χ1n) is 11.6. The third kappa shape index (κ3) is 4.60. The van der Waals surface area contributed by atoms with Gasteiger partial charge in [-0.05, 0) is 56.7 Å². The lowest BCUT2D eigenvalue weighted by Crippen LogP contribution is -2.35. The van der Waals surface area contributed by atoms with E-state index in [9.17, 15) is 4.79 Å². The van der Waals surface area contributed by atoms with E-state index in [0.717, 1.165) is 66.7 Å². The maximum Gasteiger partial charge on any atom is 0.270 e. The van der Waals surface area contributed by atoms with Crippen LogP contribution in [0.4, 0.5) is 0 Å². The molecule has 1 aliphatic heterocycles. The SMILES string of the molecule is Cc1ccc(-n2nc(C)c3c(C)cc(C(=O)NCc4ccc(CN5CCOCC5)o4)nc32)cc1. The van der Waals surface area contributed by atoms with Gasteiger partial charge in [-0.2, -0.15) is 5.10 Å². The number of amides is 1. The molecular weight excluding hydrogens is 430 g/mol. The Morgan fingerprint density at radius 2 is 1.76 bits per heavy atom. The number of carbonyl (C=O) groups is 1. The number of hydrogen-bond acceptors (Lipinski definition) is 6. The number of rotatable bonds is 6. The Balaban J connectivity index is 1.32. The van der Waals surface area contributed by atoms with E-state index in [2.05, 4.69) is 15.2 Å². The first-order chi connectivity index (χ1) is 16.5. The van der Waals surface area contributed by atoms with Gasteiger partial charge in [0, 0.05) is 18.5 Å². The van der Waals surface area contributed by atoms with Crippen LogP contribution in [0.3, 0.4) is 0 Å². The molecule has 0 spiro atoms. The second-order valence-corrected chi connectivity index (χ2v) is 8.79. The van der Waals surface area contributed by atoms with Crippen LogP contribution in [-0.2, 0) is 17.8 Å². The molecule has 0 aliphatic carbocycles. The Bertz CT molecular complexity index is 1320. The third-order valence-corrected chi connectivity index (χ3v) is 6.14. The Hall–Kier alpha value is -3.49. The van der Waals surface area contributed by atoms with Gasteiger partial charge in [-0.15, -0.1) is 0 Å². The van der Waals surface area contributed by atoms with Crippen LogP contribution < -0.4 is 5.32 Å². The van der Waals surface area contributed by atoms with Crippen LogP contribution in [0, 0.1) is 20.8 Å². The molecule has 1 saturated heterocycles. The number of ether oxygens (including phenoxy) is 1. The number of pyridine rings is 1. The van der Waals surface area contributed by atoms with Crippen LogP contribution in [0.15, 0.2) is 46.9 Å². The number of carbonyl (C=O) groups excluding carboxylic acids is 1. The maximum atomic E-state index is 13.0. The van der Waals surface area contributed by atoms with Crippen LogP contribution in [0.25, 0.3) is 16.7 Å². The summed E-state index contributed by atoms with van der Waals surface area (Å²) in [6, 6.07) is 13.8.